The normalized spacial score (nSPS) is 15.3. The molecule has 6 nitrogen and oxygen atoms in total. The second kappa shape index (κ2) is 6.72. The Morgan fingerprint density at radius 2 is 2.00 bits per heavy atom. The third-order valence-electron chi connectivity index (χ3n) is 3.68. The highest BCUT2D eigenvalue weighted by atomic mass is 32.2. The molecule has 1 unspecified atom stereocenters. The summed E-state index contributed by atoms with van der Waals surface area (Å²) in [5.74, 6) is 2.83. The van der Waals surface area contributed by atoms with Gasteiger partial charge in [0.1, 0.15) is 5.75 Å². The molecule has 7 heteroatoms. The Morgan fingerprint density at radius 3 is 2.65 bits per heavy atom. The smallest absolute Gasteiger partial charge is 0.212 e. The van der Waals surface area contributed by atoms with Crippen LogP contribution >= 0.6 is 11.8 Å². The number of ether oxygens (including phenoxy) is 1. The van der Waals surface area contributed by atoms with Gasteiger partial charge in [-0.05, 0) is 42.2 Å². The minimum absolute atomic E-state index is 0.157. The first-order valence-electron chi connectivity index (χ1n) is 7.64. The van der Waals surface area contributed by atoms with Crippen molar-refractivity contribution in [1.82, 2.24) is 14.9 Å². The highest BCUT2D eigenvalue weighted by Gasteiger charge is 2.23. The van der Waals surface area contributed by atoms with E-state index in [2.05, 4.69) is 24.0 Å². The third-order valence-corrected chi connectivity index (χ3v) is 4.61. The summed E-state index contributed by atoms with van der Waals surface area (Å²) < 4.78 is 6.99. The molecule has 0 spiro atoms. The average molecular weight is 331 g/mol. The van der Waals surface area contributed by atoms with Crippen LogP contribution in [0.15, 0.2) is 34.5 Å². The molecule has 1 aliphatic rings. The molecule has 0 amide bonds. The number of rotatable bonds is 5. The first kappa shape index (κ1) is 16.0. The highest BCUT2D eigenvalue weighted by Crippen LogP contribution is 2.27. The van der Waals surface area contributed by atoms with Crippen molar-refractivity contribution < 1.29 is 4.74 Å². The molecule has 2 N–H and O–H groups in total. The van der Waals surface area contributed by atoms with Crippen LogP contribution in [0.1, 0.15) is 37.7 Å². The number of thioether (sulfide) groups is 1. The predicted molar refractivity (Wildman–Crippen MR) is 92.1 cm³/mol. The fourth-order valence-electron chi connectivity index (χ4n) is 2.51. The second-order valence-corrected chi connectivity index (χ2v) is 6.89. The fourth-order valence-corrected chi connectivity index (χ4v) is 3.36. The van der Waals surface area contributed by atoms with Gasteiger partial charge in [0.25, 0.3) is 0 Å². The minimum Gasteiger partial charge on any atom is -0.497 e. The maximum absolute atomic E-state index is 6.27. The zero-order chi connectivity index (χ0) is 16.4. The molecule has 1 aromatic heterocycles. The summed E-state index contributed by atoms with van der Waals surface area (Å²) >= 11 is 1.63. The molecule has 0 aliphatic carbocycles. The quantitative estimate of drug-likeness (QED) is 0.911. The minimum atomic E-state index is -0.157. The van der Waals surface area contributed by atoms with E-state index in [9.17, 15) is 0 Å². The van der Waals surface area contributed by atoms with Gasteiger partial charge in [0, 0.05) is 5.75 Å². The van der Waals surface area contributed by atoms with Crippen molar-refractivity contribution >= 4 is 17.5 Å². The number of benzene rings is 1. The van der Waals surface area contributed by atoms with E-state index in [1.165, 1.54) is 0 Å². The Hall–Kier alpha value is -1.86. The van der Waals surface area contributed by atoms with Gasteiger partial charge in [-0.15, -0.1) is 10.2 Å². The van der Waals surface area contributed by atoms with Gasteiger partial charge in [-0.3, -0.25) is 0 Å². The van der Waals surface area contributed by atoms with E-state index in [1.807, 2.05) is 24.3 Å². The predicted octanol–water partition coefficient (Wildman–Crippen LogP) is 2.69. The van der Waals surface area contributed by atoms with E-state index in [-0.39, 0.29) is 6.04 Å². The Labute approximate surface area is 140 Å². The second-order valence-electron chi connectivity index (χ2n) is 5.95. The summed E-state index contributed by atoms with van der Waals surface area (Å²) in [5.41, 5.74) is 8.33. The van der Waals surface area contributed by atoms with Crippen molar-refractivity contribution in [2.45, 2.75) is 31.5 Å². The largest absolute Gasteiger partial charge is 0.497 e. The molecule has 122 valence electrons. The summed E-state index contributed by atoms with van der Waals surface area (Å²) in [7, 11) is 1.66. The van der Waals surface area contributed by atoms with E-state index in [1.54, 1.807) is 23.5 Å². The summed E-state index contributed by atoms with van der Waals surface area (Å²) in [6.07, 6.45) is 0.857. The van der Waals surface area contributed by atoms with Crippen molar-refractivity contribution in [3.8, 4) is 5.75 Å². The summed E-state index contributed by atoms with van der Waals surface area (Å²) in [5, 5.41) is 14.0. The van der Waals surface area contributed by atoms with Crippen LogP contribution in [0.2, 0.25) is 0 Å². The molecule has 1 aliphatic heterocycles. The van der Waals surface area contributed by atoms with Crippen LogP contribution in [0.5, 0.6) is 5.75 Å². The number of hydrogen-bond donors (Lipinski definition) is 1. The highest BCUT2D eigenvalue weighted by molar-refractivity contribution is 7.99. The lowest BCUT2D eigenvalue weighted by Crippen LogP contribution is -2.20. The molecular formula is C16H21N5OS. The van der Waals surface area contributed by atoms with E-state index < -0.39 is 0 Å². The SMILES string of the molecule is COc1ccc(C2=Nn3c(nnc3C(N)CC(C)C)SC2)cc1. The summed E-state index contributed by atoms with van der Waals surface area (Å²) in [6.45, 7) is 4.29. The van der Waals surface area contributed by atoms with Crippen LogP contribution < -0.4 is 10.5 Å². The Morgan fingerprint density at radius 1 is 1.26 bits per heavy atom. The monoisotopic (exact) mass is 331 g/mol. The van der Waals surface area contributed by atoms with Crippen LogP contribution in [0.4, 0.5) is 0 Å². The number of aromatic nitrogens is 3. The van der Waals surface area contributed by atoms with Crippen LogP contribution in [-0.4, -0.2) is 33.4 Å². The lowest BCUT2D eigenvalue weighted by molar-refractivity contribution is 0.415. The standard InChI is InChI=1S/C16H21N5OS/c1-10(2)8-13(17)15-18-19-16-21(15)20-14(9-23-16)11-4-6-12(22-3)7-5-11/h4-7,10,13H,8-9,17H2,1-3H3. The molecule has 2 heterocycles. The van der Waals surface area contributed by atoms with E-state index in [0.29, 0.717) is 5.92 Å². The van der Waals surface area contributed by atoms with Gasteiger partial charge in [0.15, 0.2) is 5.82 Å². The first-order chi connectivity index (χ1) is 11.1. The summed E-state index contributed by atoms with van der Waals surface area (Å²) in [4.78, 5) is 0. The molecule has 0 saturated carbocycles. The number of nitrogens with two attached hydrogens (primary N) is 1. The van der Waals surface area contributed by atoms with Gasteiger partial charge >= 0.3 is 0 Å². The van der Waals surface area contributed by atoms with Crippen molar-refractivity contribution in [2.75, 3.05) is 12.9 Å². The molecule has 3 rings (SSSR count). The van der Waals surface area contributed by atoms with Crippen LogP contribution in [0, 0.1) is 5.92 Å². The molecule has 0 fully saturated rings. The van der Waals surface area contributed by atoms with Crippen molar-refractivity contribution in [2.24, 2.45) is 16.8 Å². The van der Waals surface area contributed by atoms with Crippen molar-refractivity contribution in [3.05, 3.63) is 35.7 Å². The fraction of sp³-hybridized carbons (Fsp3) is 0.438. The molecule has 1 atom stereocenters. The van der Waals surface area contributed by atoms with Gasteiger partial charge in [0.05, 0.1) is 18.9 Å². The van der Waals surface area contributed by atoms with Gasteiger partial charge in [-0.2, -0.15) is 9.78 Å². The lowest BCUT2D eigenvalue weighted by Gasteiger charge is -2.17. The summed E-state index contributed by atoms with van der Waals surface area (Å²) in [6, 6.07) is 7.75. The number of nitrogens with zero attached hydrogens (tertiary/aromatic N) is 4. The van der Waals surface area contributed by atoms with E-state index in [4.69, 9.17) is 15.6 Å². The Balaban J connectivity index is 1.91. The molecule has 2 aromatic rings. The molecule has 0 radical (unpaired) electrons. The molecular weight excluding hydrogens is 310 g/mol. The van der Waals surface area contributed by atoms with Crippen LogP contribution in [0.3, 0.4) is 0 Å². The zero-order valence-corrected chi connectivity index (χ0v) is 14.4. The number of methoxy groups -OCH3 is 1. The van der Waals surface area contributed by atoms with Crippen LogP contribution in [0.25, 0.3) is 0 Å². The third kappa shape index (κ3) is 3.40. The average Bonchev–Trinajstić information content (AvgIpc) is 2.97. The first-order valence-corrected chi connectivity index (χ1v) is 8.63. The molecule has 23 heavy (non-hydrogen) atoms. The topological polar surface area (TPSA) is 78.3 Å². The molecule has 0 saturated heterocycles. The van der Waals surface area contributed by atoms with Crippen LogP contribution in [-0.2, 0) is 0 Å². The molecule has 1 aromatic carbocycles. The number of fused-ring (bicyclic) bond motifs is 1. The molecule has 0 bridgehead atoms. The number of hydrogen-bond acceptors (Lipinski definition) is 6. The van der Waals surface area contributed by atoms with Gasteiger partial charge in [-0.1, -0.05) is 25.6 Å². The van der Waals surface area contributed by atoms with Crippen molar-refractivity contribution in [3.63, 3.8) is 0 Å². The van der Waals surface area contributed by atoms with Gasteiger partial charge in [0.2, 0.25) is 5.16 Å². The van der Waals surface area contributed by atoms with Gasteiger partial charge < -0.3 is 10.5 Å². The Kier molecular flexibility index (Phi) is 4.68. The maximum atomic E-state index is 6.27. The van der Waals surface area contributed by atoms with Gasteiger partial charge in [-0.25, -0.2) is 0 Å². The van der Waals surface area contributed by atoms with E-state index in [0.717, 1.165) is 40.2 Å². The maximum Gasteiger partial charge on any atom is 0.212 e. The lowest BCUT2D eigenvalue weighted by atomic mass is 10.0. The zero-order valence-electron chi connectivity index (χ0n) is 13.6. The van der Waals surface area contributed by atoms with E-state index >= 15 is 0 Å². The Bertz CT molecular complexity index is 708. The van der Waals surface area contributed by atoms with Crippen molar-refractivity contribution in [1.29, 1.82) is 0 Å².